The van der Waals surface area contributed by atoms with E-state index in [4.69, 9.17) is 14.2 Å². The van der Waals surface area contributed by atoms with Gasteiger partial charge in [0.1, 0.15) is 12.2 Å². The van der Waals surface area contributed by atoms with E-state index in [9.17, 15) is 14.9 Å². The van der Waals surface area contributed by atoms with E-state index in [1.165, 1.54) is 22.7 Å². The zero-order valence-electron chi connectivity index (χ0n) is 18.3. The molecule has 0 saturated heterocycles. The van der Waals surface area contributed by atoms with Crippen molar-refractivity contribution in [1.82, 2.24) is 25.1 Å². The van der Waals surface area contributed by atoms with Crippen LogP contribution in [-0.2, 0) is 0 Å². The van der Waals surface area contributed by atoms with Crippen LogP contribution in [0.5, 0.6) is 17.4 Å². The number of amides is 1. The zero-order valence-corrected chi connectivity index (χ0v) is 18.3. The van der Waals surface area contributed by atoms with Gasteiger partial charge in [0.2, 0.25) is 5.88 Å². The summed E-state index contributed by atoms with van der Waals surface area (Å²) in [7, 11) is 3.10. The topological polar surface area (TPSA) is 143 Å². The van der Waals surface area contributed by atoms with Crippen molar-refractivity contribution in [2.75, 3.05) is 27.4 Å². The summed E-state index contributed by atoms with van der Waals surface area (Å²) in [5.74, 6) is 1.33. The molecular formula is C22H20N6O6. The second kappa shape index (κ2) is 9.81. The minimum Gasteiger partial charge on any atom is -0.493 e. The average molecular weight is 464 g/mol. The fourth-order valence-corrected chi connectivity index (χ4v) is 3.24. The maximum atomic E-state index is 12.3. The van der Waals surface area contributed by atoms with Gasteiger partial charge >= 0.3 is 0 Å². The van der Waals surface area contributed by atoms with Crippen molar-refractivity contribution in [1.29, 1.82) is 0 Å². The Kier molecular flexibility index (Phi) is 6.48. The van der Waals surface area contributed by atoms with E-state index in [2.05, 4.69) is 20.6 Å². The number of nitro groups is 1. The molecule has 0 radical (unpaired) electrons. The fraction of sp³-hybridized carbons (Fsp3) is 0.182. The average Bonchev–Trinajstić information content (AvgIpc) is 3.29. The van der Waals surface area contributed by atoms with Gasteiger partial charge in [-0.2, -0.15) is 4.52 Å². The predicted octanol–water partition coefficient (Wildman–Crippen LogP) is 2.53. The summed E-state index contributed by atoms with van der Waals surface area (Å²) >= 11 is 0. The first-order valence-electron chi connectivity index (χ1n) is 10.1. The smallest absolute Gasteiger partial charge is 0.282 e. The van der Waals surface area contributed by atoms with E-state index in [1.54, 1.807) is 44.6 Å². The number of rotatable bonds is 9. The number of benzene rings is 2. The Labute approximate surface area is 193 Å². The van der Waals surface area contributed by atoms with Crippen molar-refractivity contribution in [3.8, 4) is 28.8 Å². The minimum absolute atomic E-state index is 0.0175. The van der Waals surface area contributed by atoms with Gasteiger partial charge in [-0.25, -0.2) is 0 Å². The van der Waals surface area contributed by atoms with Gasteiger partial charge in [-0.05, 0) is 30.3 Å². The highest BCUT2D eigenvalue weighted by molar-refractivity contribution is 5.98. The van der Waals surface area contributed by atoms with Gasteiger partial charge in [0, 0.05) is 17.7 Å². The number of hydrogen-bond donors (Lipinski definition) is 1. The van der Waals surface area contributed by atoms with Crippen LogP contribution in [0.1, 0.15) is 10.4 Å². The second-order valence-electron chi connectivity index (χ2n) is 6.91. The quantitative estimate of drug-likeness (QED) is 0.224. The van der Waals surface area contributed by atoms with Crippen molar-refractivity contribution >= 4 is 17.2 Å². The Morgan fingerprint density at radius 3 is 2.62 bits per heavy atom. The molecule has 2 aromatic carbocycles. The minimum atomic E-state index is -0.598. The van der Waals surface area contributed by atoms with Crippen LogP contribution in [0.15, 0.2) is 54.6 Å². The summed E-state index contributed by atoms with van der Waals surface area (Å²) in [4.78, 5) is 22.8. The van der Waals surface area contributed by atoms with Crippen molar-refractivity contribution in [2.45, 2.75) is 0 Å². The third-order valence-electron chi connectivity index (χ3n) is 4.86. The zero-order chi connectivity index (χ0) is 24.1. The molecule has 0 atom stereocenters. The molecule has 0 bridgehead atoms. The molecule has 2 aromatic heterocycles. The Hall–Kier alpha value is -4.74. The molecule has 1 N–H and O–H groups in total. The van der Waals surface area contributed by atoms with E-state index in [0.29, 0.717) is 28.5 Å². The van der Waals surface area contributed by atoms with Crippen LogP contribution in [0, 0.1) is 10.1 Å². The number of carbonyl (C=O) groups excluding carboxylic acids is 1. The summed E-state index contributed by atoms with van der Waals surface area (Å²) < 4.78 is 17.8. The van der Waals surface area contributed by atoms with Crippen LogP contribution in [0.2, 0.25) is 0 Å². The molecule has 0 aliphatic heterocycles. The number of para-hydroxylation sites is 1. The maximum absolute atomic E-state index is 12.3. The SMILES string of the molecule is COc1ccc(-c2nnc3ccc(OCCNC(=O)c4ccccc4[N+](=O)[O-])nn23)cc1OC. The number of carbonyl (C=O) groups is 1. The number of aromatic nitrogens is 4. The third-order valence-corrected chi connectivity index (χ3v) is 4.86. The number of nitrogens with one attached hydrogen (secondary N) is 1. The lowest BCUT2D eigenvalue weighted by Crippen LogP contribution is -2.28. The molecule has 1 amide bonds. The Morgan fingerprint density at radius 1 is 1.06 bits per heavy atom. The molecule has 0 aliphatic rings. The first kappa shape index (κ1) is 22.5. The highest BCUT2D eigenvalue weighted by Gasteiger charge is 2.19. The molecule has 0 aliphatic carbocycles. The molecular weight excluding hydrogens is 444 g/mol. The first-order chi connectivity index (χ1) is 16.5. The summed E-state index contributed by atoms with van der Waals surface area (Å²) in [6, 6.07) is 14.4. The van der Waals surface area contributed by atoms with Gasteiger partial charge in [0.05, 0.1) is 25.7 Å². The van der Waals surface area contributed by atoms with Crippen LogP contribution in [0.4, 0.5) is 5.69 Å². The lowest BCUT2D eigenvalue weighted by atomic mass is 10.1. The van der Waals surface area contributed by atoms with E-state index in [-0.39, 0.29) is 30.3 Å². The predicted molar refractivity (Wildman–Crippen MR) is 120 cm³/mol. The van der Waals surface area contributed by atoms with Crippen LogP contribution in [-0.4, -0.2) is 58.0 Å². The Morgan fingerprint density at radius 2 is 1.85 bits per heavy atom. The van der Waals surface area contributed by atoms with Crippen LogP contribution >= 0.6 is 0 Å². The van der Waals surface area contributed by atoms with E-state index in [1.807, 2.05) is 6.07 Å². The van der Waals surface area contributed by atoms with Gasteiger partial charge in [0.25, 0.3) is 11.6 Å². The molecule has 0 unspecified atom stereocenters. The largest absolute Gasteiger partial charge is 0.493 e. The highest BCUT2D eigenvalue weighted by Crippen LogP contribution is 2.31. The number of fused-ring (bicyclic) bond motifs is 1. The molecule has 174 valence electrons. The number of methoxy groups -OCH3 is 2. The Balaban J connectivity index is 1.44. The summed E-state index contributed by atoms with van der Waals surface area (Å²) in [5.41, 5.74) is 0.952. The molecule has 0 fully saturated rings. The number of nitro benzene ring substituents is 1. The van der Waals surface area contributed by atoms with Crippen LogP contribution in [0.3, 0.4) is 0 Å². The van der Waals surface area contributed by atoms with Crippen molar-refractivity contribution < 1.29 is 23.9 Å². The van der Waals surface area contributed by atoms with Gasteiger partial charge in [-0.3, -0.25) is 14.9 Å². The molecule has 4 aromatic rings. The lowest BCUT2D eigenvalue weighted by Gasteiger charge is -2.09. The summed E-state index contributed by atoms with van der Waals surface area (Å²) in [5, 5.41) is 26.4. The molecule has 4 rings (SSSR count). The number of ether oxygens (including phenoxy) is 3. The highest BCUT2D eigenvalue weighted by atomic mass is 16.6. The molecule has 34 heavy (non-hydrogen) atoms. The molecule has 12 heteroatoms. The molecule has 2 heterocycles. The monoisotopic (exact) mass is 464 g/mol. The van der Waals surface area contributed by atoms with Gasteiger partial charge in [0.15, 0.2) is 23.0 Å². The maximum Gasteiger partial charge on any atom is 0.282 e. The van der Waals surface area contributed by atoms with E-state index < -0.39 is 10.8 Å². The second-order valence-corrected chi connectivity index (χ2v) is 6.91. The normalized spacial score (nSPS) is 10.6. The van der Waals surface area contributed by atoms with Crippen LogP contribution < -0.4 is 19.5 Å². The third kappa shape index (κ3) is 4.55. The molecule has 0 saturated carbocycles. The van der Waals surface area contributed by atoms with Crippen molar-refractivity contribution in [3.05, 3.63) is 70.3 Å². The Bertz CT molecular complexity index is 1350. The van der Waals surface area contributed by atoms with Crippen molar-refractivity contribution in [3.63, 3.8) is 0 Å². The summed E-state index contributed by atoms with van der Waals surface area (Å²) in [6.45, 7) is 0.216. The summed E-state index contributed by atoms with van der Waals surface area (Å²) in [6.07, 6.45) is 0. The standard InChI is InChI=1S/C22H20N6O6/c1-32-17-8-7-14(13-18(17)33-2)21-25-24-19-9-10-20(26-27(19)21)34-12-11-23-22(29)15-5-3-4-6-16(15)28(30)31/h3-10,13H,11-12H2,1-2H3,(H,23,29). The van der Waals surface area contributed by atoms with Crippen molar-refractivity contribution in [2.24, 2.45) is 0 Å². The van der Waals surface area contributed by atoms with Gasteiger partial charge in [-0.15, -0.1) is 15.3 Å². The van der Waals surface area contributed by atoms with Gasteiger partial charge < -0.3 is 19.5 Å². The van der Waals surface area contributed by atoms with Gasteiger partial charge in [-0.1, -0.05) is 12.1 Å². The lowest BCUT2D eigenvalue weighted by molar-refractivity contribution is -0.385. The van der Waals surface area contributed by atoms with E-state index in [0.717, 1.165) is 0 Å². The van der Waals surface area contributed by atoms with E-state index >= 15 is 0 Å². The fourth-order valence-electron chi connectivity index (χ4n) is 3.24. The molecule has 12 nitrogen and oxygen atoms in total. The number of nitrogens with zero attached hydrogens (tertiary/aromatic N) is 5. The van der Waals surface area contributed by atoms with Crippen LogP contribution in [0.25, 0.3) is 17.0 Å². The first-order valence-corrected chi connectivity index (χ1v) is 10.1. The molecule has 0 spiro atoms. The number of hydrogen-bond acceptors (Lipinski definition) is 9.